The number of thioether (sulfide) groups is 1. The third kappa shape index (κ3) is 3.58. The predicted molar refractivity (Wildman–Crippen MR) is 92.0 cm³/mol. The van der Waals surface area contributed by atoms with Gasteiger partial charge in [0.05, 0.1) is 7.11 Å². The molecule has 8 heteroatoms. The first kappa shape index (κ1) is 17.6. The normalized spacial score (nSPS) is 27.8. The molecule has 1 aromatic carbocycles. The number of ether oxygens (including phenoxy) is 2. The van der Waals surface area contributed by atoms with Crippen LogP contribution in [0.2, 0.25) is 0 Å². The van der Waals surface area contributed by atoms with Crippen molar-refractivity contribution >= 4 is 29.5 Å². The van der Waals surface area contributed by atoms with Crippen molar-refractivity contribution < 1.29 is 23.9 Å². The van der Waals surface area contributed by atoms with Crippen molar-refractivity contribution in [1.82, 2.24) is 10.2 Å². The Labute approximate surface area is 150 Å². The van der Waals surface area contributed by atoms with E-state index in [4.69, 9.17) is 9.47 Å². The minimum Gasteiger partial charge on any atom is -0.484 e. The largest absolute Gasteiger partial charge is 0.484 e. The van der Waals surface area contributed by atoms with E-state index in [-0.39, 0.29) is 29.0 Å². The Hall–Kier alpha value is -2.22. The Balaban J connectivity index is 1.58. The molecule has 2 fully saturated rings. The van der Waals surface area contributed by atoms with Gasteiger partial charge in [0.2, 0.25) is 5.91 Å². The first-order chi connectivity index (χ1) is 12.0. The fourth-order valence-electron chi connectivity index (χ4n) is 3.04. The van der Waals surface area contributed by atoms with Crippen LogP contribution in [0.5, 0.6) is 5.75 Å². The van der Waals surface area contributed by atoms with E-state index in [2.05, 4.69) is 5.32 Å². The summed E-state index contributed by atoms with van der Waals surface area (Å²) in [6.07, 6.45) is 0.553. The standard InChI is InChI=1S/C17H20N2O5S/c1-10-8-12(17(22)23-2)19-15(21)14(16(19)25-10)18-13(20)9-24-11-6-4-3-5-7-11/h3-7,10,12,14,16H,8-9H2,1-2H3,(H,18,20)/t10-,12+,14+,16+/m0/s1. The molecule has 134 valence electrons. The monoisotopic (exact) mass is 364 g/mol. The molecule has 0 bridgehead atoms. The van der Waals surface area contributed by atoms with Crippen molar-refractivity contribution in [3.05, 3.63) is 30.3 Å². The molecule has 0 spiro atoms. The van der Waals surface area contributed by atoms with Crippen LogP contribution in [0.25, 0.3) is 0 Å². The third-order valence-electron chi connectivity index (χ3n) is 4.25. The maximum absolute atomic E-state index is 12.4. The van der Waals surface area contributed by atoms with E-state index in [1.807, 2.05) is 25.1 Å². The molecule has 1 N–H and O–H groups in total. The summed E-state index contributed by atoms with van der Waals surface area (Å²) in [5.74, 6) is -0.448. The lowest BCUT2D eigenvalue weighted by molar-refractivity contribution is -0.164. The molecule has 2 saturated heterocycles. The Morgan fingerprint density at radius 1 is 1.32 bits per heavy atom. The van der Waals surface area contributed by atoms with E-state index in [1.54, 1.807) is 23.9 Å². The highest BCUT2D eigenvalue weighted by atomic mass is 32.2. The molecule has 2 aliphatic rings. The lowest BCUT2D eigenvalue weighted by Crippen LogP contribution is -2.75. The molecule has 25 heavy (non-hydrogen) atoms. The van der Waals surface area contributed by atoms with E-state index in [9.17, 15) is 14.4 Å². The molecule has 0 radical (unpaired) electrons. The maximum Gasteiger partial charge on any atom is 0.328 e. The summed E-state index contributed by atoms with van der Waals surface area (Å²) in [4.78, 5) is 37.9. The van der Waals surface area contributed by atoms with Gasteiger partial charge in [-0.3, -0.25) is 9.59 Å². The number of methoxy groups -OCH3 is 1. The molecule has 4 atom stereocenters. The van der Waals surface area contributed by atoms with Crippen LogP contribution in [-0.2, 0) is 19.1 Å². The van der Waals surface area contributed by atoms with Crippen LogP contribution in [-0.4, -0.2) is 59.1 Å². The number of amides is 2. The Morgan fingerprint density at radius 2 is 2.04 bits per heavy atom. The number of nitrogens with one attached hydrogen (secondary N) is 1. The quantitative estimate of drug-likeness (QED) is 0.614. The molecule has 0 unspecified atom stereocenters. The van der Waals surface area contributed by atoms with Gasteiger partial charge in [0.25, 0.3) is 5.91 Å². The second kappa shape index (κ2) is 7.35. The van der Waals surface area contributed by atoms with Gasteiger partial charge < -0.3 is 19.7 Å². The smallest absolute Gasteiger partial charge is 0.328 e. The minimum absolute atomic E-state index is 0.166. The number of esters is 1. The summed E-state index contributed by atoms with van der Waals surface area (Å²) in [7, 11) is 1.31. The summed E-state index contributed by atoms with van der Waals surface area (Å²) in [5, 5.41) is 2.65. The Bertz CT molecular complexity index is 668. The van der Waals surface area contributed by atoms with Gasteiger partial charge in [-0.2, -0.15) is 0 Å². The lowest BCUT2D eigenvalue weighted by atomic mass is 9.99. The van der Waals surface area contributed by atoms with Gasteiger partial charge in [0, 0.05) is 5.25 Å². The number of para-hydroxylation sites is 1. The molecule has 1 aromatic rings. The average Bonchev–Trinajstić information content (AvgIpc) is 2.63. The predicted octanol–water partition coefficient (Wildman–Crippen LogP) is 0.785. The van der Waals surface area contributed by atoms with Crippen molar-refractivity contribution in [1.29, 1.82) is 0 Å². The molecule has 0 aromatic heterocycles. The summed E-state index contributed by atoms with van der Waals surface area (Å²) in [6, 6.07) is 7.78. The molecule has 2 heterocycles. The zero-order valence-corrected chi connectivity index (χ0v) is 14.8. The van der Waals surface area contributed by atoms with Gasteiger partial charge in [0.15, 0.2) is 6.61 Å². The average molecular weight is 364 g/mol. The number of hydrogen-bond donors (Lipinski definition) is 1. The van der Waals surface area contributed by atoms with E-state index in [0.29, 0.717) is 12.2 Å². The van der Waals surface area contributed by atoms with Crippen LogP contribution >= 0.6 is 11.8 Å². The zero-order chi connectivity index (χ0) is 18.0. The SMILES string of the molecule is COC(=O)[C@H]1C[C@H](C)S[C@@H]2[C@H](NC(=O)COc3ccccc3)C(=O)N12. The van der Waals surface area contributed by atoms with Crippen LogP contribution < -0.4 is 10.1 Å². The first-order valence-corrected chi connectivity index (χ1v) is 8.98. The van der Waals surface area contributed by atoms with E-state index in [0.717, 1.165) is 0 Å². The van der Waals surface area contributed by atoms with Crippen LogP contribution in [0.15, 0.2) is 30.3 Å². The number of rotatable bonds is 5. The van der Waals surface area contributed by atoms with Crippen LogP contribution in [0.1, 0.15) is 13.3 Å². The fourth-order valence-corrected chi connectivity index (χ4v) is 4.54. The Kier molecular flexibility index (Phi) is 5.17. The zero-order valence-electron chi connectivity index (χ0n) is 14.0. The van der Waals surface area contributed by atoms with Gasteiger partial charge in [-0.15, -0.1) is 11.8 Å². The van der Waals surface area contributed by atoms with Gasteiger partial charge >= 0.3 is 5.97 Å². The first-order valence-electron chi connectivity index (χ1n) is 8.04. The van der Waals surface area contributed by atoms with Crippen molar-refractivity contribution in [3.8, 4) is 5.75 Å². The van der Waals surface area contributed by atoms with Crippen LogP contribution in [0.4, 0.5) is 0 Å². The minimum atomic E-state index is -0.633. The van der Waals surface area contributed by atoms with Crippen molar-refractivity contribution in [2.45, 2.75) is 36.1 Å². The van der Waals surface area contributed by atoms with Crippen molar-refractivity contribution in [2.75, 3.05) is 13.7 Å². The highest BCUT2D eigenvalue weighted by molar-refractivity contribution is 8.00. The molecule has 3 rings (SSSR count). The van der Waals surface area contributed by atoms with Gasteiger partial charge in [-0.05, 0) is 18.6 Å². The number of benzene rings is 1. The summed E-state index contributed by atoms with van der Waals surface area (Å²) in [5.41, 5.74) is 0. The lowest BCUT2D eigenvalue weighted by Gasteiger charge is -2.53. The highest BCUT2D eigenvalue weighted by Gasteiger charge is 2.56. The summed E-state index contributed by atoms with van der Waals surface area (Å²) in [6.45, 7) is 1.83. The van der Waals surface area contributed by atoms with Crippen molar-refractivity contribution in [2.24, 2.45) is 0 Å². The van der Waals surface area contributed by atoms with Crippen LogP contribution in [0, 0.1) is 0 Å². The highest BCUT2D eigenvalue weighted by Crippen LogP contribution is 2.42. The van der Waals surface area contributed by atoms with Gasteiger partial charge in [-0.1, -0.05) is 25.1 Å². The maximum atomic E-state index is 12.4. The van der Waals surface area contributed by atoms with Gasteiger partial charge in [-0.25, -0.2) is 4.79 Å². The third-order valence-corrected chi connectivity index (χ3v) is 5.68. The number of fused-ring (bicyclic) bond motifs is 1. The van der Waals surface area contributed by atoms with E-state index >= 15 is 0 Å². The summed E-state index contributed by atoms with van der Waals surface area (Å²) < 4.78 is 10.2. The van der Waals surface area contributed by atoms with Crippen LogP contribution in [0.3, 0.4) is 0 Å². The molecule has 0 saturated carbocycles. The molecule has 0 aliphatic carbocycles. The number of carbonyl (C=O) groups excluding carboxylic acids is 3. The number of β-lactam (4-membered cyclic amide) rings is 1. The fraction of sp³-hybridized carbons (Fsp3) is 0.471. The molecule has 2 amide bonds. The topological polar surface area (TPSA) is 84.9 Å². The second-order valence-electron chi connectivity index (χ2n) is 6.00. The molecular formula is C17H20N2O5S. The number of hydrogen-bond acceptors (Lipinski definition) is 6. The molecule has 2 aliphatic heterocycles. The summed E-state index contributed by atoms with van der Waals surface area (Å²) >= 11 is 1.58. The van der Waals surface area contributed by atoms with Crippen molar-refractivity contribution in [3.63, 3.8) is 0 Å². The van der Waals surface area contributed by atoms with E-state index < -0.39 is 18.1 Å². The van der Waals surface area contributed by atoms with Gasteiger partial charge in [0.1, 0.15) is 23.2 Å². The second-order valence-corrected chi connectivity index (χ2v) is 7.56. The number of nitrogens with zero attached hydrogens (tertiary/aromatic N) is 1. The number of carbonyl (C=O) groups is 3. The Morgan fingerprint density at radius 3 is 2.72 bits per heavy atom. The van der Waals surface area contributed by atoms with E-state index in [1.165, 1.54) is 12.0 Å². The molecular weight excluding hydrogens is 344 g/mol. The molecule has 7 nitrogen and oxygen atoms in total.